The molecule has 1 rings (SSSR count). The molecule has 0 unspecified atom stereocenters. The largest absolute Gasteiger partial charge is 0.497 e. The Morgan fingerprint density at radius 2 is 2.06 bits per heavy atom. The molecule has 0 radical (unpaired) electrons. The van der Waals surface area contributed by atoms with Crippen molar-refractivity contribution in [3.63, 3.8) is 0 Å². The summed E-state index contributed by atoms with van der Waals surface area (Å²) >= 11 is 0. The van der Waals surface area contributed by atoms with Crippen molar-refractivity contribution in [3.8, 4) is 5.75 Å². The van der Waals surface area contributed by atoms with E-state index in [0.29, 0.717) is 11.4 Å². The first-order valence-electron chi connectivity index (χ1n) is 4.86. The molecule has 17 heavy (non-hydrogen) atoms. The molecule has 0 atom stereocenters. The summed E-state index contributed by atoms with van der Waals surface area (Å²) < 4.78 is 9.71. The predicted octanol–water partition coefficient (Wildman–Crippen LogP) is 0.909. The van der Waals surface area contributed by atoms with Gasteiger partial charge in [0.15, 0.2) is 0 Å². The van der Waals surface area contributed by atoms with Crippen LogP contribution in [0.15, 0.2) is 18.2 Å². The minimum atomic E-state index is -1.03. The second-order valence-corrected chi connectivity index (χ2v) is 3.27. The van der Waals surface area contributed by atoms with Crippen molar-refractivity contribution in [2.24, 2.45) is 0 Å². The van der Waals surface area contributed by atoms with E-state index in [4.69, 9.17) is 20.3 Å². The van der Waals surface area contributed by atoms with Gasteiger partial charge in [-0.2, -0.15) is 0 Å². The number of nitrogen functional groups attached to an aromatic ring is 1. The van der Waals surface area contributed by atoms with E-state index in [-0.39, 0.29) is 18.6 Å². The molecule has 0 saturated heterocycles. The Morgan fingerprint density at radius 3 is 2.65 bits per heavy atom. The molecule has 0 aliphatic rings. The van der Waals surface area contributed by atoms with Crippen molar-refractivity contribution in [3.05, 3.63) is 23.8 Å². The van der Waals surface area contributed by atoms with E-state index in [9.17, 15) is 9.59 Å². The van der Waals surface area contributed by atoms with Gasteiger partial charge in [-0.3, -0.25) is 4.79 Å². The molecule has 1 aromatic carbocycles. The average molecular weight is 239 g/mol. The molecule has 0 heterocycles. The van der Waals surface area contributed by atoms with Crippen LogP contribution in [0.25, 0.3) is 0 Å². The monoisotopic (exact) mass is 239 g/mol. The number of methoxy groups -OCH3 is 1. The number of anilines is 1. The predicted molar refractivity (Wildman–Crippen MR) is 59.9 cm³/mol. The van der Waals surface area contributed by atoms with E-state index < -0.39 is 11.9 Å². The van der Waals surface area contributed by atoms with E-state index in [1.165, 1.54) is 19.2 Å². The lowest BCUT2D eigenvalue weighted by Crippen LogP contribution is -2.10. The molecule has 6 nitrogen and oxygen atoms in total. The summed E-state index contributed by atoms with van der Waals surface area (Å²) in [5, 5.41) is 8.39. The molecule has 0 saturated carbocycles. The minimum absolute atomic E-state index is 0.175. The van der Waals surface area contributed by atoms with Gasteiger partial charge in [0, 0.05) is 11.8 Å². The maximum absolute atomic E-state index is 11.5. The minimum Gasteiger partial charge on any atom is -0.497 e. The fraction of sp³-hybridized carbons (Fsp3) is 0.273. The van der Waals surface area contributed by atoms with E-state index in [1.807, 2.05) is 0 Å². The summed E-state index contributed by atoms with van der Waals surface area (Å²) in [4.78, 5) is 21.8. The smallest absolute Gasteiger partial charge is 0.338 e. The Labute approximate surface area is 97.9 Å². The fourth-order valence-corrected chi connectivity index (χ4v) is 1.17. The van der Waals surface area contributed by atoms with E-state index >= 15 is 0 Å². The summed E-state index contributed by atoms with van der Waals surface area (Å²) in [6.45, 7) is -0.175. The number of hydrogen-bond donors (Lipinski definition) is 2. The van der Waals surface area contributed by atoms with Crippen molar-refractivity contribution < 1.29 is 24.2 Å². The second kappa shape index (κ2) is 5.74. The third-order valence-corrected chi connectivity index (χ3v) is 1.95. The number of hydrogen-bond acceptors (Lipinski definition) is 5. The van der Waals surface area contributed by atoms with Crippen LogP contribution in [0.2, 0.25) is 0 Å². The molecule has 92 valence electrons. The summed E-state index contributed by atoms with van der Waals surface area (Å²) in [7, 11) is 1.45. The zero-order chi connectivity index (χ0) is 12.8. The van der Waals surface area contributed by atoms with Gasteiger partial charge >= 0.3 is 11.9 Å². The third kappa shape index (κ3) is 4.02. The average Bonchev–Trinajstić information content (AvgIpc) is 2.27. The van der Waals surface area contributed by atoms with Crippen LogP contribution >= 0.6 is 0 Å². The van der Waals surface area contributed by atoms with Gasteiger partial charge in [0.25, 0.3) is 0 Å². The van der Waals surface area contributed by atoms with Crippen molar-refractivity contribution in [1.29, 1.82) is 0 Å². The number of nitrogens with two attached hydrogens (primary N) is 1. The van der Waals surface area contributed by atoms with Crippen LogP contribution in [0, 0.1) is 0 Å². The molecule has 0 spiro atoms. The SMILES string of the molecule is COc1cc(N)cc(C(=O)OCCC(=O)O)c1. The van der Waals surface area contributed by atoms with E-state index in [2.05, 4.69) is 0 Å². The van der Waals surface area contributed by atoms with Crippen LogP contribution in [-0.4, -0.2) is 30.8 Å². The van der Waals surface area contributed by atoms with Crippen LogP contribution in [-0.2, 0) is 9.53 Å². The molecule has 0 aliphatic heterocycles. The molecular formula is C11H13NO5. The van der Waals surface area contributed by atoms with Crippen LogP contribution in [0.4, 0.5) is 5.69 Å². The van der Waals surface area contributed by atoms with Gasteiger partial charge in [-0.05, 0) is 12.1 Å². The van der Waals surface area contributed by atoms with Crippen LogP contribution in [0.3, 0.4) is 0 Å². The second-order valence-electron chi connectivity index (χ2n) is 3.27. The third-order valence-electron chi connectivity index (χ3n) is 1.95. The number of aliphatic carboxylic acids is 1. The lowest BCUT2D eigenvalue weighted by Gasteiger charge is -2.06. The standard InChI is InChI=1S/C11H13NO5/c1-16-9-5-7(4-8(12)6-9)11(15)17-3-2-10(13)14/h4-6H,2-3,12H2,1H3,(H,13,14). The van der Waals surface area contributed by atoms with Crippen LogP contribution in [0.1, 0.15) is 16.8 Å². The van der Waals surface area contributed by atoms with Gasteiger partial charge < -0.3 is 20.3 Å². The molecule has 0 aliphatic carbocycles. The Hall–Kier alpha value is -2.24. The number of rotatable bonds is 5. The molecule has 3 N–H and O–H groups in total. The highest BCUT2D eigenvalue weighted by molar-refractivity contribution is 5.91. The van der Waals surface area contributed by atoms with Crippen molar-refractivity contribution in [2.45, 2.75) is 6.42 Å². The molecule has 1 aromatic rings. The van der Waals surface area contributed by atoms with Gasteiger partial charge in [0.05, 0.1) is 19.1 Å². The first-order chi connectivity index (χ1) is 8.02. The Balaban J connectivity index is 2.68. The van der Waals surface area contributed by atoms with Crippen LogP contribution in [0.5, 0.6) is 5.75 Å². The van der Waals surface area contributed by atoms with Gasteiger partial charge in [0.2, 0.25) is 0 Å². The van der Waals surface area contributed by atoms with Gasteiger partial charge in [-0.15, -0.1) is 0 Å². The maximum Gasteiger partial charge on any atom is 0.338 e. The molecule has 0 fully saturated rings. The normalized spacial score (nSPS) is 9.71. The first kappa shape index (κ1) is 12.8. The number of esters is 1. The van der Waals surface area contributed by atoms with Crippen molar-refractivity contribution in [1.82, 2.24) is 0 Å². The summed E-state index contributed by atoms with van der Waals surface area (Å²) in [6, 6.07) is 4.47. The topological polar surface area (TPSA) is 98.9 Å². The number of carbonyl (C=O) groups excluding carboxylic acids is 1. The summed E-state index contributed by atoms with van der Waals surface area (Å²) in [5.41, 5.74) is 6.17. The molecule has 6 heteroatoms. The highest BCUT2D eigenvalue weighted by Crippen LogP contribution is 2.19. The van der Waals surface area contributed by atoms with E-state index in [0.717, 1.165) is 0 Å². The number of carboxylic acids is 1. The Bertz CT molecular complexity index is 430. The zero-order valence-corrected chi connectivity index (χ0v) is 9.30. The van der Waals surface area contributed by atoms with Crippen LogP contribution < -0.4 is 10.5 Å². The number of carbonyl (C=O) groups is 2. The Morgan fingerprint density at radius 1 is 1.35 bits per heavy atom. The summed E-state index contributed by atoms with van der Waals surface area (Å²) in [5.74, 6) is -1.21. The lowest BCUT2D eigenvalue weighted by molar-refractivity contribution is -0.137. The fourth-order valence-electron chi connectivity index (χ4n) is 1.17. The quantitative estimate of drug-likeness (QED) is 0.585. The molecular weight excluding hydrogens is 226 g/mol. The molecule has 0 aromatic heterocycles. The van der Waals surface area contributed by atoms with Gasteiger partial charge in [0.1, 0.15) is 12.4 Å². The first-order valence-corrected chi connectivity index (χ1v) is 4.86. The van der Waals surface area contributed by atoms with Crippen molar-refractivity contribution in [2.75, 3.05) is 19.5 Å². The van der Waals surface area contributed by atoms with Gasteiger partial charge in [-0.1, -0.05) is 0 Å². The number of carboxylic acid groups (broad SMARTS) is 1. The zero-order valence-electron chi connectivity index (χ0n) is 9.30. The number of benzene rings is 1. The van der Waals surface area contributed by atoms with Crippen molar-refractivity contribution >= 4 is 17.6 Å². The lowest BCUT2D eigenvalue weighted by atomic mass is 10.2. The molecule has 0 amide bonds. The highest BCUT2D eigenvalue weighted by atomic mass is 16.5. The Kier molecular flexibility index (Phi) is 4.33. The maximum atomic E-state index is 11.5. The highest BCUT2D eigenvalue weighted by Gasteiger charge is 2.10. The van der Waals surface area contributed by atoms with E-state index in [1.54, 1.807) is 6.07 Å². The number of ether oxygens (including phenoxy) is 2. The van der Waals surface area contributed by atoms with Gasteiger partial charge in [-0.25, -0.2) is 4.79 Å². The molecule has 0 bridgehead atoms. The summed E-state index contributed by atoms with van der Waals surface area (Å²) in [6.07, 6.45) is -0.231.